The molecule has 0 spiro atoms. The quantitative estimate of drug-likeness (QED) is 0.783. The lowest BCUT2D eigenvalue weighted by Gasteiger charge is -2.14. The van der Waals surface area contributed by atoms with Gasteiger partial charge in [0.25, 0.3) is 5.91 Å². The SMILES string of the molecule is CC(C)(F)Cc1sc(-c2nccs2)nc1C(=O)NCC1=CCC(F)C=C1. The second kappa shape index (κ2) is 7.75. The first-order valence-corrected chi connectivity index (χ1v) is 9.89. The molecule has 0 bridgehead atoms. The van der Waals surface area contributed by atoms with Gasteiger partial charge in [-0.1, -0.05) is 18.2 Å². The molecular weight excluding hydrogens is 376 g/mol. The zero-order valence-corrected chi connectivity index (χ0v) is 16.1. The predicted molar refractivity (Wildman–Crippen MR) is 101 cm³/mol. The lowest BCUT2D eigenvalue weighted by Crippen LogP contribution is -2.28. The second-order valence-electron chi connectivity index (χ2n) is 6.60. The van der Waals surface area contributed by atoms with Crippen LogP contribution >= 0.6 is 22.7 Å². The van der Waals surface area contributed by atoms with Crippen molar-refractivity contribution in [2.75, 3.05) is 6.54 Å². The summed E-state index contributed by atoms with van der Waals surface area (Å²) in [7, 11) is 0. The molecule has 1 N–H and O–H groups in total. The summed E-state index contributed by atoms with van der Waals surface area (Å²) < 4.78 is 27.3. The van der Waals surface area contributed by atoms with Crippen LogP contribution in [0.5, 0.6) is 0 Å². The van der Waals surface area contributed by atoms with Crippen molar-refractivity contribution in [2.24, 2.45) is 0 Å². The first kappa shape index (κ1) is 18.8. The highest BCUT2D eigenvalue weighted by Crippen LogP contribution is 2.32. The van der Waals surface area contributed by atoms with Gasteiger partial charge >= 0.3 is 0 Å². The highest BCUT2D eigenvalue weighted by molar-refractivity contribution is 7.20. The fourth-order valence-electron chi connectivity index (χ4n) is 2.49. The van der Waals surface area contributed by atoms with Gasteiger partial charge in [0.2, 0.25) is 0 Å². The highest BCUT2D eigenvalue weighted by atomic mass is 32.1. The molecule has 0 saturated carbocycles. The summed E-state index contributed by atoms with van der Waals surface area (Å²) in [6.07, 6.45) is 6.02. The molecule has 0 radical (unpaired) electrons. The third kappa shape index (κ3) is 4.82. The van der Waals surface area contributed by atoms with Gasteiger partial charge in [0.05, 0.1) is 0 Å². The van der Waals surface area contributed by atoms with Crippen LogP contribution in [0.3, 0.4) is 0 Å². The number of thiazole rings is 2. The van der Waals surface area contributed by atoms with Gasteiger partial charge < -0.3 is 5.32 Å². The Balaban J connectivity index is 1.78. The maximum Gasteiger partial charge on any atom is 0.271 e. The fraction of sp³-hybridized carbons (Fsp3) is 0.389. The number of carbonyl (C=O) groups is 1. The van der Waals surface area contributed by atoms with Gasteiger partial charge in [0.1, 0.15) is 17.5 Å². The molecule has 0 saturated heterocycles. The minimum Gasteiger partial charge on any atom is -0.347 e. The number of alkyl halides is 2. The van der Waals surface area contributed by atoms with Crippen molar-refractivity contribution < 1.29 is 13.6 Å². The molecule has 1 amide bonds. The van der Waals surface area contributed by atoms with E-state index in [0.717, 1.165) is 5.57 Å². The van der Waals surface area contributed by atoms with Gasteiger partial charge in [0.15, 0.2) is 10.0 Å². The van der Waals surface area contributed by atoms with E-state index < -0.39 is 11.8 Å². The summed E-state index contributed by atoms with van der Waals surface area (Å²) in [5.74, 6) is -0.361. The number of nitrogens with one attached hydrogen (secondary N) is 1. The van der Waals surface area contributed by atoms with Crippen molar-refractivity contribution in [1.82, 2.24) is 15.3 Å². The van der Waals surface area contributed by atoms with Crippen LogP contribution in [0, 0.1) is 0 Å². The van der Waals surface area contributed by atoms with E-state index in [1.165, 1.54) is 42.6 Å². The maximum absolute atomic E-state index is 14.2. The van der Waals surface area contributed by atoms with Crippen molar-refractivity contribution in [3.63, 3.8) is 0 Å². The summed E-state index contributed by atoms with van der Waals surface area (Å²) in [6.45, 7) is 3.23. The van der Waals surface area contributed by atoms with E-state index >= 15 is 0 Å². The van der Waals surface area contributed by atoms with Gasteiger partial charge in [-0.2, -0.15) is 0 Å². The third-order valence-electron chi connectivity index (χ3n) is 3.69. The Hall–Kier alpha value is -1.93. The molecule has 3 rings (SSSR count). The molecule has 0 aliphatic heterocycles. The Labute approximate surface area is 158 Å². The zero-order valence-electron chi connectivity index (χ0n) is 14.5. The van der Waals surface area contributed by atoms with Crippen LogP contribution in [0.2, 0.25) is 0 Å². The molecule has 1 aliphatic rings. The molecule has 26 heavy (non-hydrogen) atoms. The normalized spacial score (nSPS) is 17.2. The molecular formula is C18H19F2N3OS2. The smallest absolute Gasteiger partial charge is 0.271 e. The average Bonchev–Trinajstić information content (AvgIpc) is 3.22. The maximum atomic E-state index is 14.2. The van der Waals surface area contributed by atoms with E-state index in [2.05, 4.69) is 15.3 Å². The number of nitrogens with zero attached hydrogens (tertiary/aromatic N) is 2. The summed E-state index contributed by atoms with van der Waals surface area (Å²) in [4.78, 5) is 21.8. The zero-order chi connectivity index (χ0) is 18.7. The Morgan fingerprint density at radius 3 is 2.85 bits per heavy atom. The van der Waals surface area contributed by atoms with Gasteiger partial charge in [0, 0.05) is 35.8 Å². The Morgan fingerprint density at radius 1 is 1.42 bits per heavy atom. The molecule has 1 unspecified atom stereocenters. The Bertz CT molecular complexity index is 835. The minimum atomic E-state index is -1.45. The van der Waals surface area contributed by atoms with Crippen LogP contribution < -0.4 is 5.32 Å². The van der Waals surface area contributed by atoms with E-state index in [9.17, 15) is 13.6 Å². The van der Waals surface area contributed by atoms with Gasteiger partial charge in [-0.15, -0.1) is 22.7 Å². The molecule has 2 aromatic rings. The Morgan fingerprint density at radius 2 is 2.23 bits per heavy atom. The number of rotatable bonds is 6. The first-order chi connectivity index (χ1) is 12.3. The molecule has 1 aliphatic carbocycles. The fourth-order valence-corrected chi connectivity index (χ4v) is 4.44. The molecule has 0 fully saturated rings. The lowest BCUT2D eigenvalue weighted by atomic mass is 10.0. The van der Waals surface area contributed by atoms with Gasteiger partial charge in [-0.25, -0.2) is 18.7 Å². The molecule has 2 aromatic heterocycles. The van der Waals surface area contributed by atoms with Crippen LogP contribution in [0.1, 0.15) is 35.6 Å². The first-order valence-electron chi connectivity index (χ1n) is 8.20. The van der Waals surface area contributed by atoms with Gasteiger partial charge in [-0.05, 0) is 19.4 Å². The summed E-state index contributed by atoms with van der Waals surface area (Å²) in [5.41, 5.74) is -0.378. The standard InChI is InChI=1S/C18H19F2N3OS2/c1-18(2,20)9-13-14(23-17(26-13)16-21-7-8-25-16)15(24)22-10-11-3-5-12(19)6-4-11/h3-5,7-8,12H,6,9-10H2,1-2H3,(H,22,24). The number of halogens is 2. The molecule has 2 heterocycles. The minimum absolute atomic E-state index is 0.102. The topological polar surface area (TPSA) is 54.9 Å². The largest absolute Gasteiger partial charge is 0.347 e. The van der Waals surface area contributed by atoms with Crippen LogP contribution in [-0.2, 0) is 6.42 Å². The van der Waals surface area contributed by atoms with Crippen molar-refractivity contribution >= 4 is 28.6 Å². The van der Waals surface area contributed by atoms with E-state index in [1.807, 2.05) is 5.38 Å². The monoisotopic (exact) mass is 395 g/mol. The van der Waals surface area contributed by atoms with Crippen LogP contribution in [0.25, 0.3) is 10.0 Å². The summed E-state index contributed by atoms with van der Waals surface area (Å²) >= 11 is 2.71. The predicted octanol–water partition coefficient (Wildman–Crippen LogP) is 4.51. The number of hydrogen-bond acceptors (Lipinski definition) is 5. The van der Waals surface area contributed by atoms with Crippen LogP contribution in [0.15, 0.2) is 35.4 Å². The van der Waals surface area contributed by atoms with E-state index in [-0.39, 0.29) is 24.6 Å². The second-order valence-corrected chi connectivity index (χ2v) is 8.57. The highest BCUT2D eigenvalue weighted by Gasteiger charge is 2.26. The molecule has 138 valence electrons. The molecule has 0 aromatic carbocycles. The molecule has 4 nitrogen and oxygen atoms in total. The van der Waals surface area contributed by atoms with E-state index in [0.29, 0.717) is 21.3 Å². The third-order valence-corrected chi connectivity index (χ3v) is 5.66. The Kier molecular flexibility index (Phi) is 5.62. The van der Waals surface area contributed by atoms with E-state index in [4.69, 9.17) is 0 Å². The number of aromatic nitrogens is 2. The van der Waals surface area contributed by atoms with Crippen molar-refractivity contribution in [2.45, 2.75) is 38.5 Å². The van der Waals surface area contributed by atoms with Crippen molar-refractivity contribution in [3.8, 4) is 10.0 Å². The van der Waals surface area contributed by atoms with Crippen molar-refractivity contribution in [1.29, 1.82) is 0 Å². The van der Waals surface area contributed by atoms with Crippen LogP contribution in [-0.4, -0.2) is 34.3 Å². The number of hydrogen-bond donors (Lipinski definition) is 1. The average molecular weight is 396 g/mol. The van der Waals surface area contributed by atoms with Gasteiger partial charge in [-0.3, -0.25) is 4.79 Å². The van der Waals surface area contributed by atoms with Crippen molar-refractivity contribution in [3.05, 3.63) is 45.9 Å². The molecule has 8 heteroatoms. The van der Waals surface area contributed by atoms with Crippen LogP contribution in [0.4, 0.5) is 8.78 Å². The van der Waals surface area contributed by atoms with E-state index in [1.54, 1.807) is 18.3 Å². The molecule has 1 atom stereocenters. The number of allylic oxidation sites excluding steroid dienone is 2. The summed E-state index contributed by atoms with van der Waals surface area (Å²) in [6, 6.07) is 0. The number of carbonyl (C=O) groups excluding carboxylic acids is 1. The number of amides is 1. The summed E-state index contributed by atoms with van der Waals surface area (Å²) in [5, 5.41) is 5.94. The lowest BCUT2D eigenvalue weighted by molar-refractivity contribution is 0.0951.